The summed E-state index contributed by atoms with van der Waals surface area (Å²) < 4.78 is 166. The Kier molecular flexibility index (Phi) is 10.9. The molecule has 0 bridgehead atoms. The van der Waals surface area contributed by atoms with Gasteiger partial charge in [0.1, 0.15) is 22.2 Å². The molecule has 1 atom stereocenters. The van der Waals surface area contributed by atoms with E-state index in [1.807, 2.05) is 13.8 Å². The summed E-state index contributed by atoms with van der Waals surface area (Å²) >= 11 is 0. The Labute approximate surface area is 294 Å². The zero-order valence-electron chi connectivity index (χ0n) is 28.0. The van der Waals surface area contributed by atoms with E-state index in [9.17, 15) is 52.7 Å². The van der Waals surface area contributed by atoms with Crippen molar-refractivity contribution >= 4 is 15.7 Å². The standard InChI is InChI=1S/C36H36F9NO5S/c1-32(2)20-22(16-19-50-32)31(47)46-26-14-17-33(18-15-26,52(48,49)27-12-10-25(37)11-13-27)23-6-8-24(9-7-23)34(35(40,41)42,36(43,44)45)51-21-28-29(38)4-3-5-30(28)39/h3-13,22,26H,14-21H2,1-2H3,(H,46,47)/t22?,26-,33+. The Morgan fingerprint density at radius 2 is 1.40 bits per heavy atom. The number of sulfone groups is 1. The van der Waals surface area contributed by atoms with E-state index in [4.69, 9.17) is 4.74 Å². The number of alkyl halides is 6. The van der Waals surface area contributed by atoms with Crippen LogP contribution in [0, 0.1) is 23.4 Å². The van der Waals surface area contributed by atoms with Gasteiger partial charge in [0.05, 0.1) is 17.1 Å². The minimum Gasteiger partial charge on any atom is -0.376 e. The number of ether oxygens (including phenoxy) is 2. The van der Waals surface area contributed by atoms with Crippen molar-refractivity contribution in [1.82, 2.24) is 5.32 Å². The molecule has 1 N–H and O–H groups in total. The second-order valence-corrected chi connectivity index (χ2v) is 16.0. The maximum absolute atomic E-state index is 14.6. The molecule has 0 spiro atoms. The van der Waals surface area contributed by atoms with E-state index < -0.39 is 79.4 Å². The number of rotatable bonds is 9. The fourth-order valence-corrected chi connectivity index (χ4v) is 9.31. The lowest BCUT2D eigenvalue weighted by Gasteiger charge is -2.41. The van der Waals surface area contributed by atoms with Gasteiger partial charge >= 0.3 is 12.4 Å². The molecule has 0 radical (unpaired) electrons. The van der Waals surface area contributed by atoms with Crippen LogP contribution in [0.15, 0.2) is 71.6 Å². The summed E-state index contributed by atoms with van der Waals surface area (Å²) in [5.41, 5.74) is -8.42. The van der Waals surface area contributed by atoms with Crippen LogP contribution in [-0.2, 0) is 41.1 Å². The van der Waals surface area contributed by atoms with Gasteiger partial charge in [0.25, 0.3) is 5.60 Å². The Hall–Kier alpha value is -3.63. The van der Waals surface area contributed by atoms with Crippen LogP contribution >= 0.6 is 0 Å². The number of benzene rings is 3. The topological polar surface area (TPSA) is 81.7 Å². The molecule has 1 unspecified atom stereocenters. The van der Waals surface area contributed by atoms with Crippen LogP contribution in [0.25, 0.3) is 0 Å². The average molecular weight is 766 g/mol. The molecule has 1 saturated heterocycles. The number of nitrogens with one attached hydrogen (secondary N) is 1. The summed E-state index contributed by atoms with van der Waals surface area (Å²) in [5.74, 6) is -4.20. The van der Waals surface area contributed by atoms with Crippen molar-refractivity contribution in [3.63, 3.8) is 0 Å². The van der Waals surface area contributed by atoms with Crippen molar-refractivity contribution in [3.8, 4) is 0 Å². The van der Waals surface area contributed by atoms with Crippen LogP contribution in [-0.4, -0.2) is 44.9 Å². The predicted molar refractivity (Wildman–Crippen MR) is 170 cm³/mol. The number of carbonyl (C=O) groups excluding carboxylic acids is 1. The maximum atomic E-state index is 14.6. The number of amides is 1. The highest BCUT2D eigenvalue weighted by Gasteiger charge is 2.73. The molecule has 16 heteroatoms. The molecule has 0 aromatic heterocycles. The van der Waals surface area contributed by atoms with Crippen LogP contribution in [0.5, 0.6) is 0 Å². The van der Waals surface area contributed by atoms with Crippen LogP contribution in [0.3, 0.4) is 0 Å². The molecular weight excluding hydrogens is 729 g/mol. The summed E-state index contributed by atoms with van der Waals surface area (Å²) in [4.78, 5) is 12.8. The van der Waals surface area contributed by atoms with E-state index in [1.54, 1.807) is 0 Å². The van der Waals surface area contributed by atoms with E-state index in [1.165, 1.54) is 0 Å². The molecule has 1 aliphatic carbocycles. The van der Waals surface area contributed by atoms with Crippen molar-refractivity contribution in [3.05, 3.63) is 101 Å². The summed E-state index contributed by atoms with van der Waals surface area (Å²) in [5, 5.41) is 2.95. The molecule has 1 amide bonds. The van der Waals surface area contributed by atoms with Crippen LogP contribution in [0.2, 0.25) is 0 Å². The van der Waals surface area contributed by atoms with Gasteiger partial charge in [-0.15, -0.1) is 0 Å². The molecule has 1 saturated carbocycles. The van der Waals surface area contributed by atoms with E-state index >= 15 is 0 Å². The van der Waals surface area contributed by atoms with Gasteiger partial charge < -0.3 is 14.8 Å². The Morgan fingerprint density at radius 3 is 1.92 bits per heavy atom. The molecule has 2 aliphatic rings. The molecule has 284 valence electrons. The molecule has 1 heterocycles. The van der Waals surface area contributed by atoms with Gasteiger partial charge in [-0.1, -0.05) is 30.3 Å². The van der Waals surface area contributed by atoms with Crippen molar-refractivity contribution in [2.45, 2.75) is 98.2 Å². The first-order valence-electron chi connectivity index (χ1n) is 16.4. The minimum atomic E-state index is -6.21. The number of hydrogen-bond acceptors (Lipinski definition) is 5. The van der Waals surface area contributed by atoms with Crippen molar-refractivity contribution < 1.29 is 62.2 Å². The zero-order chi connectivity index (χ0) is 38.3. The largest absolute Gasteiger partial charge is 0.430 e. The first kappa shape index (κ1) is 39.6. The lowest BCUT2D eigenvalue weighted by molar-refractivity contribution is -0.392. The van der Waals surface area contributed by atoms with Crippen molar-refractivity contribution in [2.24, 2.45) is 5.92 Å². The Morgan fingerprint density at radius 1 is 0.846 bits per heavy atom. The number of hydrogen-bond donors (Lipinski definition) is 1. The van der Waals surface area contributed by atoms with Crippen LogP contribution in [0.1, 0.15) is 69.1 Å². The first-order chi connectivity index (χ1) is 24.1. The SMILES string of the molecule is CC1(C)CC(C(=O)N[C@H]2CC[C@@](c3ccc(C(OCc4c(F)cccc4F)(C(F)(F)F)C(F)(F)F)cc3)(S(=O)(=O)c3ccc(F)cc3)CC2)CCO1. The highest BCUT2D eigenvalue weighted by atomic mass is 32.2. The molecule has 5 rings (SSSR count). The molecule has 3 aromatic carbocycles. The third kappa shape index (κ3) is 7.43. The van der Waals surface area contributed by atoms with Gasteiger partial charge in [0, 0.05) is 29.7 Å². The second-order valence-electron chi connectivity index (χ2n) is 13.8. The second kappa shape index (κ2) is 14.3. The highest BCUT2D eigenvalue weighted by Crippen LogP contribution is 2.54. The Bertz CT molecular complexity index is 1820. The van der Waals surface area contributed by atoms with E-state index in [0.717, 1.165) is 42.5 Å². The highest BCUT2D eigenvalue weighted by molar-refractivity contribution is 7.92. The monoisotopic (exact) mass is 765 g/mol. The predicted octanol–water partition coefficient (Wildman–Crippen LogP) is 8.57. The molecule has 6 nitrogen and oxygen atoms in total. The van der Waals surface area contributed by atoms with Crippen molar-refractivity contribution in [1.29, 1.82) is 0 Å². The first-order valence-corrected chi connectivity index (χ1v) is 17.9. The van der Waals surface area contributed by atoms with Gasteiger partial charge in [0.15, 0.2) is 9.84 Å². The van der Waals surface area contributed by atoms with Crippen LogP contribution in [0.4, 0.5) is 39.5 Å². The quantitative estimate of drug-likeness (QED) is 0.175. The summed E-state index contributed by atoms with van der Waals surface area (Å²) in [6.45, 7) is 2.34. The van der Waals surface area contributed by atoms with Gasteiger partial charge in [-0.3, -0.25) is 4.79 Å². The van der Waals surface area contributed by atoms with Gasteiger partial charge in [-0.05, 0) is 94.3 Å². The lowest BCUT2D eigenvalue weighted by atomic mass is 9.79. The smallest absolute Gasteiger partial charge is 0.376 e. The zero-order valence-corrected chi connectivity index (χ0v) is 28.8. The van der Waals surface area contributed by atoms with Crippen LogP contribution < -0.4 is 5.32 Å². The van der Waals surface area contributed by atoms with E-state index in [2.05, 4.69) is 10.1 Å². The summed E-state index contributed by atoms with van der Waals surface area (Å²) in [7, 11) is -4.50. The summed E-state index contributed by atoms with van der Waals surface area (Å²) in [6, 6.07) is 7.99. The van der Waals surface area contributed by atoms with Gasteiger partial charge in [-0.2, -0.15) is 26.3 Å². The molecule has 2 fully saturated rings. The van der Waals surface area contributed by atoms with Gasteiger partial charge in [0.2, 0.25) is 5.91 Å². The fraction of sp³-hybridized carbons (Fsp3) is 0.472. The maximum Gasteiger partial charge on any atom is 0.430 e. The number of carbonyl (C=O) groups is 1. The molecule has 52 heavy (non-hydrogen) atoms. The van der Waals surface area contributed by atoms with Crippen molar-refractivity contribution in [2.75, 3.05) is 6.61 Å². The Balaban J connectivity index is 1.51. The normalized spacial score (nSPS) is 22.9. The fourth-order valence-electron chi connectivity index (χ4n) is 7.15. The third-order valence-corrected chi connectivity index (χ3v) is 12.5. The minimum absolute atomic E-state index is 0.0763. The average Bonchev–Trinajstić information content (AvgIpc) is 3.05. The molecule has 3 aromatic rings. The summed E-state index contributed by atoms with van der Waals surface area (Å²) in [6.07, 6.45) is -11.7. The molecular formula is C36H36F9NO5S. The molecule has 1 aliphatic heterocycles. The third-order valence-electron chi connectivity index (χ3n) is 9.96. The van der Waals surface area contributed by atoms with Gasteiger partial charge in [-0.25, -0.2) is 21.6 Å². The lowest BCUT2D eigenvalue weighted by Crippen LogP contribution is -2.56. The van der Waals surface area contributed by atoms with E-state index in [0.29, 0.717) is 43.7 Å². The van der Waals surface area contributed by atoms with E-state index in [-0.39, 0.29) is 48.0 Å². The number of halogens is 9.